The van der Waals surface area contributed by atoms with E-state index in [1.54, 1.807) is 0 Å². The summed E-state index contributed by atoms with van der Waals surface area (Å²) < 4.78 is 12.9. The normalized spacial score (nSPS) is 9.69. The number of aromatic nitrogens is 1. The molecule has 6 heteroatoms. The topological polar surface area (TPSA) is 62.2 Å². The Morgan fingerprint density at radius 3 is 3.00 bits per heavy atom. The standard InChI is InChI=1S/C7H6ClFN2O2/c8-4-1-5(9)7(10-2-4)11-3-6(12)13/h1-2H,3H2,(H,10,11)(H,12,13). The van der Waals surface area contributed by atoms with Gasteiger partial charge in [0.2, 0.25) is 0 Å². The van der Waals surface area contributed by atoms with Crippen molar-refractivity contribution >= 4 is 23.4 Å². The van der Waals surface area contributed by atoms with E-state index in [0.29, 0.717) is 0 Å². The van der Waals surface area contributed by atoms with Crippen molar-refractivity contribution in [1.82, 2.24) is 4.98 Å². The van der Waals surface area contributed by atoms with Crippen molar-refractivity contribution in [2.24, 2.45) is 0 Å². The number of anilines is 1. The third-order valence-corrected chi connectivity index (χ3v) is 1.42. The lowest BCUT2D eigenvalue weighted by atomic mass is 10.4. The van der Waals surface area contributed by atoms with E-state index in [2.05, 4.69) is 10.3 Å². The number of carboxylic acids is 1. The van der Waals surface area contributed by atoms with Crippen molar-refractivity contribution in [2.45, 2.75) is 0 Å². The molecule has 0 aromatic carbocycles. The van der Waals surface area contributed by atoms with Gasteiger partial charge in [-0.3, -0.25) is 4.79 Å². The number of rotatable bonds is 3. The number of hydrogen-bond donors (Lipinski definition) is 2. The van der Waals surface area contributed by atoms with E-state index in [9.17, 15) is 9.18 Å². The third kappa shape index (κ3) is 2.87. The fraction of sp³-hybridized carbons (Fsp3) is 0.143. The van der Waals surface area contributed by atoms with Gasteiger partial charge < -0.3 is 10.4 Å². The second-order valence-electron chi connectivity index (χ2n) is 2.23. The molecule has 1 aromatic heterocycles. The fourth-order valence-corrected chi connectivity index (χ4v) is 0.849. The Labute approximate surface area is 78.4 Å². The second-order valence-corrected chi connectivity index (χ2v) is 2.67. The monoisotopic (exact) mass is 204 g/mol. The number of nitrogens with one attached hydrogen (secondary N) is 1. The first-order valence-corrected chi connectivity index (χ1v) is 3.74. The van der Waals surface area contributed by atoms with Crippen LogP contribution in [0, 0.1) is 5.82 Å². The van der Waals surface area contributed by atoms with E-state index in [4.69, 9.17) is 16.7 Å². The van der Waals surface area contributed by atoms with Gasteiger partial charge in [0.25, 0.3) is 0 Å². The van der Waals surface area contributed by atoms with Gasteiger partial charge in [-0.05, 0) is 6.07 Å². The molecule has 0 spiro atoms. The van der Waals surface area contributed by atoms with E-state index in [-0.39, 0.29) is 17.4 Å². The summed E-state index contributed by atoms with van der Waals surface area (Å²) in [6.45, 7) is -0.383. The molecular weight excluding hydrogens is 199 g/mol. The van der Waals surface area contributed by atoms with Crippen molar-refractivity contribution in [2.75, 3.05) is 11.9 Å². The van der Waals surface area contributed by atoms with Crippen LogP contribution < -0.4 is 5.32 Å². The summed E-state index contributed by atoms with van der Waals surface area (Å²) in [5, 5.41) is 10.7. The van der Waals surface area contributed by atoms with Gasteiger partial charge in [0.05, 0.1) is 5.02 Å². The zero-order chi connectivity index (χ0) is 9.84. The molecule has 1 heterocycles. The molecule has 0 aliphatic carbocycles. The van der Waals surface area contributed by atoms with E-state index in [1.807, 2.05) is 0 Å². The predicted molar refractivity (Wildman–Crippen MR) is 45.3 cm³/mol. The Morgan fingerprint density at radius 1 is 1.77 bits per heavy atom. The lowest BCUT2D eigenvalue weighted by molar-refractivity contribution is -0.134. The number of halogens is 2. The van der Waals surface area contributed by atoms with Crippen LogP contribution in [0.2, 0.25) is 5.02 Å². The molecule has 2 N–H and O–H groups in total. The lowest BCUT2D eigenvalue weighted by Crippen LogP contribution is -2.14. The Kier molecular flexibility index (Phi) is 3.02. The molecule has 0 saturated carbocycles. The van der Waals surface area contributed by atoms with Gasteiger partial charge >= 0.3 is 5.97 Å². The Morgan fingerprint density at radius 2 is 2.46 bits per heavy atom. The highest BCUT2D eigenvalue weighted by molar-refractivity contribution is 6.30. The molecule has 1 aromatic rings. The molecule has 13 heavy (non-hydrogen) atoms. The highest BCUT2D eigenvalue weighted by atomic mass is 35.5. The first kappa shape index (κ1) is 9.73. The molecule has 0 saturated heterocycles. The van der Waals surface area contributed by atoms with Crippen LogP contribution in [-0.2, 0) is 4.79 Å². The Balaban J connectivity index is 2.72. The van der Waals surface area contributed by atoms with Gasteiger partial charge in [-0.1, -0.05) is 11.6 Å². The molecule has 0 unspecified atom stereocenters. The predicted octanol–water partition coefficient (Wildman–Crippen LogP) is 1.37. The van der Waals surface area contributed by atoms with Crippen LogP contribution in [0.1, 0.15) is 0 Å². The molecule has 0 radical (unpaired) electrons. The van der Waals surface area contributed by atoms with Crippen molar-refractivity contribution in [1.29, 1.82) is 0 Å². The summed E-state index contributed by atoms with van der Waals surface area (Å²) in [6.07, 6.45) is 1.23. The summed E-state index contributed by atoms with van der Waals surface area (Å²) in [4.78, 5) is 13.7. The minimum Gasteiger partial charge on any atom is -0.480 e. The van der Waals surface area contributed by atoms with E-state index in [1.165, 1.54) is 6.20 Å². The van der Waals surface area contributed by atoms with Crippen LogP contribution in [0.4, 0.5) is 10.2 Å². The third-order valence-electron chi connectivity index (χ3n) is 1.21. The molecule has 0 bridgehead atoms. The smallest absolute Gasteiger partial charge is 0.322 e. The molecule has 0 atom stereocenters. The maximum Gasteiger partial charge on any atom is 0.322 e. The molecule has 4 nitrogen and oxygen atoms in total. The van der Waals surface area contributed by atoms with Gasteiger partial charge in [0, 0.05) is 6.20 Å². The summed E-state index contributed by atoms with van der Waals surface area (Å²) >= 11 is 5.43. The van der Waals surface area contributed by atoms with Crippen molar-refractivity contribution in [3.63, 3.8) is 0 Å². The van der Waals surface area contributed by atoms with Crippen LogP contribution >= 0.6 is 11.6 Å². The average molecular weight is 205 g/mol. The van der Waals surface area contributed by atoms with Gasteiger partial charge in [0.15, 0.2) is 11.6 Å². The molecular formula is C7H6ClFN2O2. The van der Waals surface area contributed by atoms with E-state index >= 15 is 0 Å². The number of nitrogens with zero attached hydrogens (tertiary/aromatic N) is 1. The maximum atomic E-state index is 12.9. The molecule has 1 rings (SSSR count). The van der Waals surface area contributed by atoms with E-state index in [0.717, 1.165) is 6.07 Å². The quantitative estimate of drug-likeness (QED) is 0.781. The van der Waals surface area contributed by atoms with Crippen LogP contribution in [0.5, 0.6) is 0 Å². The van der Waals surface area contributed by atoms with Crippen molar-refractivity contribution in [3.8, 4) is 0 Å². The van der Waals surface area contributed by atoms with Crippen molar-refractivity contribution < 1.29 is 14.3 Å². The van der Waals surface area contributed by atoms with Crippen LogP contribution in [0.15, 0.2) is 12.3 Å². The van der Waals surface area contributed by atoms with Gasteiger partial charge in [-0.25, -0.2) is 9.37 Å². The van der Waals surface area contributed by atoms with Crippen molar-refractivity contribution in [3.05, 3.63) is 23.1 Å². The van der Waals surface area contributed by atoms with Crippen LogP contribution in [-0.4, -0.2) is 22.6 Å². The molecule has 0 amide bonds. The maximum absolute atomic E-state index is 12.9. The highest BCUT2D eigenvalue weighted by Gasteiger charge is 2.05. The SMILES string of the molecule is O=C(O)CNc1ncc(Cl)cc1F. The number of pyridine rings is 1. The molecule has 0 aliphatic heterocycles. The molecule has 70 valence electrons. The molecule has 0 fully saturated rings. The second kappa shape index (κ2) is 4.04. The summed E-state index contributed by atoms with van der Waals surface area (Å²) in [7, 11) is 0. The summed E-state index contributed by atoms with van der Waals surface area (Å²) in [5.41, 5.74) is 0. The number of hydrogen-bond acceptors (Lipinski definition) is 3. The minimum atomic E-state index is -1.09. The van der Waals surface area contributed by atoms with E-state index < -0.39 is 11.8 Å². The molecule has 0 aliphatic rings. The lowest BCUT2D eigenvalue weighted by Gasteiger charge is -2.02. The minimum absolute atomic E-state index is 0.119. The summed E-state index contributed by atoms with van der Waals surface area (Å²) in [5.74, 6) is -1.88. The van der Waals surface area contributed by atoms with Gasteiger partial charge in [0.1, 0.15) is 6.54 Å². The van der Waals surface area contributed by atoms with Crippen LogP contribution in [0.3, 0.4) is 0 Å². The number of aliphatic carboxylic acids is 1. The van der Waals surface area contributed by atoms with Crippen LogP contribution in [0.25, 0.3) is 0 Å². The number of carbonyl (C=O) groups is 1. The van der Waals surface area contributed by atoms with Gasteiger partial charge in [-0.2, -0.15) is 0 Å². The first-order chi connectivity index (χ1) is 6.09. The largest absolute Gasteiger partial charge is 0.480 e. The highest BCUT2D eigenvalue weighted by Crippen LogP contribution is 2.14. The zero-order valence-electron chi connectivity index (χ0n) is 6.42. The zero-order valence-corrected chi connectivity index (χ0v) is 7.18. The summed E-state index contributed by atoms with van der Waals surface area (Å²) in [6, 6.07) is 1.05. The average Bonchev–Trinajstić information content (AvgIpc) is 2.02. The Bertz CT molecular complexity index is 332. The first-order valence-electron chi connectivity index (χ1n) is 3.36. The number of carboxylic acid groups (broad SMARTS) is 1. The Hall–Kier alpha value is -1.36. The van der Waals surface area contributed by atoms with Gasteiger partial charge in [-0.15, -0.1) is 0 Å². The fourth-order valence-electron chi connectivity index (χ4n) is 0.704.